The van der Waals surface area contributed by atoms with Gasteiger partial charge in [-0.1, -0.05) is 24.3 Å². The van der Waals surface area contributed by atoms with E-state index in [1.807, 2.05) is 60.9 Å². The van der Waals surface area contributed by atoms with Gasteiger partial charge in [0.25, 0.3) is 11.8 Å². The second-order valence-corrected chi connectivity index (χ2v) is 25.5. The zero-order valence-corrected chi connectivity index (χ0v) is 43.9. The number of hydrogen-bond acceptors (Lipinski definition) is 10. The minimum absolute atomic E-state index is 0.0000469. The molecule has 4 amide bonds. The molecule has 2 aromatic heterocycles. The highest BCUT2D eigenvalue weighted by atomic mass is 16.3. The Labute approximate surface area is 447 Å². The lowest BCUT2D eigenvalue weighted by Gasteiger charge is -2.58. The van der Waals surface area contributed by atoms with Crippen LogP contribution in [0.2, 0.25) is 0 Å². The first-order valence-corrected chi connectivity index (χ1v) is 29.1. The molecule has 4 aromatic rings. The molecule has 10 saturated carbocycles. The van der Waals surface area contributed by atoms with Crippen molar-refractivity contribution in [3.05, 3.63) is 96.3 Å². The second kappa shape index (κ2) is 20.2. The molecule has 4 heterocycles. The monoisotopic (exact) mass is 1030 g/mol. The lowest BCUT2D eigenvalue weighted by molar-refractivity contribution is -0.164. The average Bonchev–Trinajstić information content (AvgIpc) is 4.41. The zero-order chi connectivity index (χ0) is 51.7. The number of piperidine rings is 2. The summed E-state index contributed by atoms with van der Waals surface area (Å²) in [5.74, 6) is 4.81. The summed E-state index contributed by atoms with van der Waals surface area (Å²) < 4.78 is 0. The summed E-state index contributed by atoms with van der Waals surface area (Å²) in [5, 5.41) is 34.1. The number of aliphatic hydroxyl groups is 2. The van der Waals surface area contributed by atoms with Crippen molar-refractivity contribution in [1.82, 2.24) is 31.2 Å². The van der Waals surface area contributed by atoms with E-state index in [1.165, 1.54) is 0 Å². The lowest BCUT2D eigenvalue weighted by atomic mass is 9.48. The number of anilines is 2. The largest absolute Gasteiger partial charge is 0.393 e. The Morgan fingerprint density at radius 2 is 0.816 bits per heavy atom. The van der Waals surface area contributed by atoms with Crippen LogP contribution < -0.4 is 31.1 Å². The van der Waals surface area contributed by atoms with Gasteiger partial charge in [0, 0.05) is 85.0 Å². The van der Waals surface area contributed by atoms with Gasteiger partial charge in [-0.05, 0) is 211 Å². The Morgan fingerprint density at radius 3 is 1.16 bits per heavy atom. The molecule has 2 aromatic carbocycles. The minimum atomic E-state index is -0.258. The fourth-order valence-corrected chi connectivity index (χ4v) is 15.9. The van der Waals surface area contributed by atoms with Gasteiger partial charge in [-0.3, -0.25) is 19.2 Å². The number of aromatic nitrogens is 2. The van der Waals surface area contributed by atoms with Gasteiger partial charge >= 0.3 is 0 Å². The maximum atomic E-state index is 13.6. The predicted molar refractivity (Wildman–Crippen MR) is 291 cm³/mol. The summed E-state index contributed by atoms with van der Waals surface area (Å²) in [4.78, 5) is 65.8. The van der Waals surface area contributed by atoms with Crippen molar-refractivity contribution < 1.29 is 29.4 Å². The highest BCUT2D eigenvalue weighted by Gasteiger charge is 2.59. The van der Waals surface area contributed by atoms with Crippen molar-refractivity contribution in [2.45, 2.75) is 152 Å². The van der Waals surface area contributed by atoms with Crippen molar-refractivity contribution >= 4 is 35.3 Å². The SMILES string of the molecule is O=C(NC1CC1)c1ccc(-c2ccc(N3CCC[C@H](NC(=O)C45CC6CC(C4)C(O)C(C6)C5)C3)nc2)cc1.O=C(NC1CC1)c1ccc(-c2ccc(N3CCC[C@H](NC(=O)C45CC6CC(C4)C(O)C(C6)C5)C3)nc2)cc1. The normalized spacial score (nSPS) is 33.7. The third-order valence-electron chi connectivity index (χ3n) is 19.9. The molecule has 14 heteroatoms. The second-order valence-electron chi connectivity index (χ2n) is 25.5. The van der Waals surface area contributed by atoms with E-state index in [-0.39, 0.29) is 58.8 Å². The highest BCUT2D eigenvalue weighted by Crippen LogP contribution is 2.61. The summed E-state index contributed by atoms with van der Waals surface area (Å²) in [6.45, 7) is 3.43. The molecule has 2 aliphatic heterocycles. The third kappa shape index (κ3) is 10.1. The molecular weight excluding hydrogens is 953 g/mol. The Morgan fingerprint density at radius 1 is 0.447 bits per heavy atom. The van der Waals surface area contributed by atoms with Gasteiger partial charge in [-0.25, -0.2) is 9.97 Å². The molecule has 14 nitrogen and oxygen atoms in total. The van der Waals surface area contributed by atoms with Gasteiger partial charge in [0.15, 0.2) is 0 Å². The predicted octanol–water partition coefficient (Wildman–Crippen LogP) is 7.83. The van der Waals surface area contributed by atoms with E-state index in [1.54, 1.807) is 0 Å². The number of hydrogen-bond donors (Lipinski definition) is 6. The minimum Gasteiger partial charge on any atom is -0.393 e. The molecule has 16 rings (SSSR count). The standard InChI is InChI=1S/2C31H38N4O3/c2*36-28-23-12-19-13-24(28)16-31(14-19,15-23)30(38)34-26-2-1-11-35(18-26)27-10-7-22(17-32-27)20-3-5-21(6-4-20)29(37)33-25-8-9-25/h2*3-7,10,17,19,23-26,28,36H,1-2,8-9,11-16,18H2,(H,33,37)(H,34,38)/t2*19?,23?,24?,26-,28?,31?/m00/s1. The fraction of sp³-hybridized carbons (Fsp3) is 0.581. The highest BCUT2D eigenvalue weighted by molar-refractivity contribution is 5.95. The van der Waals surface area contributed by atoms with Crippen LogP contribution >= 0.6 is 0 Å². The molecule has 12 fully saturated rings. The number of amides is 4. The molecule has 8 bridgehead atoms. The molecule has 10 aliphatic carbocycles. The Kier molecular flexibility index (Phi) is 13.2. The van der Waals surface area contributed by atoms with Crippen LogP contribution in [0, 0.1) is 46.3 Å². The van der Waals surface area contributed by atoms with Crippen molar-refractivity contribution in [3.8, 4) is 22.3 Å². The fourth-order valence-electron chi connectivity index (χ4n) is 15.9. The van der Waals surface area contributed by atoms with Crippen LogP contribution in [-0.2, 0) is 9.59 Å². The summed E-state index contributed by atoms with van der Waals surface area (Å²) in [5.41, 5.74) is 4.99. The first-order valence-electron chi connectivity index (χ1n) is 29.1. The molecule has 6 atom stereocenters. The molecule has 0 radical (unpaired) electrons. The van der Waals surface area contributed by atoms with Crippen LogP contribution in [0.5, 0.6) is 0 Å². The molecule has 0 spiro atoms. The van der Waals surface area contributed by atoms with E-state index < -0.39 is 0 Å². The van der Waals surface area contributed by atoms with Gasteiger partial charge in [0.2, 0.25) is 11.8 Å². The quantitative estimate of drug-likeness (QED) is 0.0817. The van der Waals surface area contributed by atoms with Crippen molar-refractivity contribution in [2.24, 2.45) is 46.3 Å². The molecule has 12 aliphatic rings. The van der Waals surface area contributed by atoms with E-state index in [0.717, 1.165) is 176 Å². The zero-order valence-electron chi connectivity index (χ0n) is 43.9. The number of benzene rings is 2. The van der Waals surface area contributed by atoms with E-state index in [0.29, 0.717) is 58.7 Å². The van der Waals surface area contributed by atoms with Crippen molar-refractivity contribution in [2.75, 3.05) is 36.0 Å². The molecular formula is C62H76N8O6. The lowest BCUT2D eigenvalue weighted by Crippen LogP contribution is -2.60. The number of carbonyl (C=O) groups excluding carboxylic acids is 4. The molecule has 4 unspecified atom stereocenters. The molecule has 76 heavy (non-hydrogen) atoms. The van der Waals surface area contributed by atoms with Crippen LogP contribution in [0.25, 0.3) is 22.3 Å². The van der Waals surface area contributed by atoms with E-state index >= 15 is 0 Å². The number of nitrogens with zero attached hydrogens (tertiary/aromatic N) is 4. The Balaban J connectivity index is 0.000000146. The van der Waals surface area contributed by atoms with Gasteiger partial charge in [0.05, 0.1) is 23.0 Å². The van der Waals surface area contributed by atoms with E-state index in [9.17, 15) is 29.4 Å². The Bertz CT molecular complexity index is 2580. The van der Waals surface area contributed by atoms with Crippen LogP contribution in [0.15, 0.2) is 85.2 Å². The van der Waals surface area contributed by atoms with Crippen molar-refractivity contribution in [3.63, 3.8) is 0 Å². The molecule has 6 N–H and O–H groups in total. The topological polar surface area (TPSA) is 189 Å². The smallest absolute Gasteiger partial charge is 0.251 e. The summed E-state index contributed by atoms with van der Waals surface area (Å²) in [7, 11) is 0. The summed E-state index contributed by atoms with van der Waals surface area (Å²) in [6.07, 6.45) is 21.6. The van der Waals surface area contributed by atoms with Crippen LogP contribution in [0.4, 0.5) is 11.6 Å². The number of aliphatic hydroxyl groups excluding tert-OH is 2. The van der Waals surface area contributed by atoms with Crippen LogP contribution in [0.1, 0.15) is 136 Å². The number of nitrogens with one attached hydrogen (secondary N) is 4. The van der Waals surface area contributed by atoms with E-state index in [2.05, 4.69) is 55.3 Å². The summed E-state index contributed by atoms with van der Waals surface area (Å²) >= 11 is 0. The van der Waals surface area contributed by atoms with Crippen LogP contribution in [0.3, 0.4) is 0 Å². The van der Waals surface area contributed by atoms with Gasteiger partial charge in [0.1, 0.15) is 11.6 Å². The van der Waals surface area contributed by atoms with Gasteiger partial charge in [-0.15, -0.1) is 0 Å². The Hall–Kier alpha value is -5.86. The molecule has 400 valence electrons. The number of rotatable bonds is 12. The van der Waals surface area contributed by atoms with Gasteiger partial charge in [-0.2, -0.15) is 0 Å². The average molecular weight is 1030 g/mol. The summed E-state index contributed by atoms with van der Waals surface area (Å²) in [6, 6.07) is 24.7. The van der Waals surface area contributed by atoms with Crippen LogP contribution in [-0.4, -0.2) is 106 Å². The first-order chi connectivity index (χ1) is 36.9. The first kappa shape index (κ1) is 49.7. The van der Waals surface area contributed by atoms with Gasteiger partial charge < -0.3 is 41.3 Å². The number of pyridine rings is 2. The van der Waals surface area contributed by atoms with Crippen molar-refractivity contribution in [1.29, 1.82) is 0 Å². The maximum absolute atomic E-state index is 13.6. The van der Waals surface area contributed by atoms with E-state index in [4.69, 9.17) is 9.97 Å². The maximum Gasteiger partial charge on any atom is 0.251 e. The third-order valence-corrected chi connectivity index (χ3v) is 19.9. The molecule has 2 saturated heterocycles. The number of carbonyl (C=O) groups is 4.